The minimum Gasteiger partial charge on any atom is -0.394 e. The minimum absolute atomic E-state index is 0.128. The first kappa shape index (κ1) is 14.8. The molecule has 5 N–H and O–H groups in total. The van der Waals surface area contributed by atoms with E-state index in [1.165, 1.54) is 12.7 Å². The fourth-order valence-corrected chi connectivity index (χ4v) is 2.02. The molecule has 0 aliphatic heterocycles. The van der Waals surface area contributed by atoms with E-state index in [2.05, 4.69) is 15.0 Å². The highest BCUT2D eigenvalue weighted by Crippen LogP contribution is 2.34. The number of aliphatic hydroxyl groups excluding tert-OH is 1. The van der Waals surface area contributed by atoms with Crippen molar-refractivity contribution >= 4 is 24.6 Å². The fraction of sp³-hybridized carbons (Fsp3) is 0.444. The number of nitrogen functional groups attached to an aromatic ring is 1. The van der Waals surface area contributed by atoms with Gasteiger partial charge in [-0.25, -0.2) is 15.0 Å². The van der Waals surface area contributed by atoms with Gasteiger partial charge in [-0.3, -0.25) is 4.57 Å². The number of anilines is 1. The van der Waals surface area contributed by atoms with E-state index in [1.807, 2.05) is 0 Å². The van der Waals surface area contributed by atoms with Crippen LogP contribution in [0.15, 0.2) is 12.7 Å². The van der Waals surface area contributed by atoms with Gasteiger partial charge in [0.15, 0.2) is 11.5 Å². The monoisotopic (exact) mass is 303 g/mol. The van der Waals surface area contributed by atoms with Crippen molar-refractivity contribution in [1.29, 1.82) is 0 Å². The summed E-state index contributed by atoms with van der Waals surface area (Å²) in [5.41, 5.74) is 6.51. The Hall–Kier alpha value is -1.58. The number of fused-ring (bicyclic) bond motifs is 1. The third-order valence-electron chi connectivity index (χ3n) is 2.51. The summed E-state index contributed by atoms with van der Waals surface area (Å²) >= 11 is 0. The summed E-state index contributed by atoms with van der Waals surface area (Å²) in [4.78, 5) is 29.3. The van der Waals surface area contributed by atoms with Crippen LogP contribution < -0.4 is 5.73 Å². The minimum atomic E-state index is -4.28. The average molecular weight is 303 g/mol. The SMILES string of the molecule is Nc1ncnc2c1ncn2C[C@@H](CO)OCP(=O)(O)O. The molecule has 2 aromatic rings. The smallest absolute Gasteiger partial charge is 0.350 e. The quantitative estimate of drug-likeness (QED) is 0.487. The van der Waals surface area contributed by atoms with Crippen LogP contribution in [0, 0.1) is 0 Å². The van der Waals surface area contributed by atoms with Crippen molar-refractivity contribution in [2.24, 2.45) is 0 Å². The molecule has 2 aromatic heterocycles. The van der Waals surface area contributed by atoms with E-state index in [0.29, 0.717) is 11.2 Å². The van der Waals surface area contributed by atoms with Crippen molar-refractivity contribution in [2.45, 2.75) is 12.6 Å². The Morgan fingerprint density at radius 2 is 2.15 bits per heavy atom. The molecular formula is C9H14N5O5P. The molecule has 20 heavy (non-hydrogen) atoms. The standard InChI is InChI=1S/C9H14N5O5P/c10-8-7-9(12-3-11-8)14(4-13-7)1-6(2-15)19-5-20(16,17)18/h3-4,6,15H,1-2,5H2,(H2,10,11,12)(H2,16,17,18)/t6-/m0/s1. The Morgan fingerprint density at radius 1 is 1.40 bits per heavy atom. The maximum atomic E-state index is 10.7. The van der Waals surface area contributed by atoms with E-state index in [9.17, 15) is 9.67 Å². The lowest BCUT2D eigenvalue weighted by atomic mass is 10.3. The normalized spacial score (nSPS) is 13.8. The second-order valence-corrected chi connectivity index (χ2v) is 5.68. The molecule has 2 heterocycles. The number of aromatic nitrogens is 4. The number of ether oxygens (including phenoxy) is 1. The van der Waals surface area contributed by atoms with Crippen molar-refractivity contribution in [1.82, 2.24) is 19.5 Å². The lowest BCUT2D eigenvalue weighted by molar-refractivity contribution is 0.0202. The second kappa shape index (κ2) is 5.81. The molecule has 0 saturated carbocycles. The predicted molar refractivity (Wildman–Crippen MR) is 68.6 cm³/mol. The highest BCUT2D eigenvalue weighted by molar-refractivity contribution is 7.51. The third-order valence-corrected chi connectivity index (χ3v) is 3.00. The Labute approximate surface area is 113 Å². The van der Waals surface area contributed by atoms with E-state index >= 15 is 0 Å². The van der Waals surface area contributed by atoms with E-state index in [4.69, 9.17) is 20.3 Å². The first-order chi connectivity index (χ1) is 9.40. The van der Waals surface area contributed by atoms with Crippen LogP contribution in [0.5, 0.6) is 0 Å². The number of aliphatic hydroxyl groups is 1. The maximum absolute atomic E-state index is 10.7. The molecule has 0 saturated heterocycles. The fourth-order valence-electron chi connectivity index (χ4n) is 1.62. The van der Waals surface area contributed by atoms with Gasteiger partial charge in [0.2, 0.25) is 0 Å². The Balaban J connectivity index is 2.14. The van der Waals surface area contributed by atoms with Crippen LogP contribution in [0.3, 0.4) is 0 Å². The Kier molecular flexibility index (Phi) is 4.31. The number of nitrogens with zero attached hydrogens (tertiary/aromatic N) is 4. The molecule has 0 radical (unpaired) electrons. The highest BCUT2D eigenvalue weighted by atomic mass is 31.2. The van der Waals surface area contributed by atoms with Crippen molar-refractivity contribution in [3.63, 3.8) is 0 Å². The Bertz CT molecular complexity index is 641. The molecule has 0 fully saturated rings. The van der Waals surface area contributed by atoms with Gasteiger partial charge in [-0.1, -0.05) is 0 Å². The van der Waals surface area contributed by atoms with Crippen LogP contribution in [0.4, 0.5) is 5.82 Å². The molecule has 0 bridgehead atoms. The molecule has 10 nitrogen and oxygen atoms in total. The average Bonchev–Trinajstić information content (AvgIpc) is 2.78. The van der Waals surface area contributed by atoms with E-state index < -0.39 is 26.7 Å². The van der Waals surface area contributed by atoms with Crippen molar-refractivity contribution < 1.29 is 24.2 Å². The summed E-state index contributed by atoms with van der Waals surface area (Å²) in [5, 5.41) is 9.18. The number of imidazole rings is 1. The Morgan fingerprint density at radius 3 is 2.80 bits per heavy atom. The van der Waals surface area contributed by atoms with E-state index in [1.54, 1.807) is 4.57 Å². The molecule has 0 unspecified atom stereocenters. The topological polar surface area (TPSA) is 157 Å². The van der Waals surface area contributed by atoms with E-state index in [0.717, 1.165) is 0 Å². The molecule has 11 heteroatoms. The molecule has 0 aromatic carbocycles. The summed E-state index contributed by atoms with van der Waals surface area (Å²) in [5.74, 6) is 0.227. The summed E-state index contributed by atoms with van der Waals surface area (Å²) < 4.78 is 17.3. The molecule has 110 valence electrons. The summed E-state index contributed by atoms with van der Waals surface area (Å²) in [6.45, 7) is -0.274. The molecule has 0 spiro atoms. The molecule has 2 rings (SSSR count). The van der Waals surface area contributed by atoms with Crippen molar-refractivity contribution in [3.05, 3.63) is 12.7 Å². The lowest BCUT2D eigenvalue weighted by Crippen LogP contribution is -2.24. The van der Waals surface area contributed by atoms with Crippen LogP contribution >= 0.6 is 7.60 Å². The largest absolute Gasteiger partial charge is 0.394 e. The number of hydrogen-bond donors (Lipinski definition) is 4. The van der Waals surface area contributed by atoms with Crippen molar-refractivity contribution in [2.75, 3.05) is 18.7 Å². The molecule has 0 amide bonds. The lowest BCUT2D eigenvalue weighted by Gasteiger charge is -2.16. The van der Waals surface area contributed by atoms with Gasteiger partial charge in [-0.05, 0) is 0 Å². The van der Waals surface area contributed by atoms with Gasteiger partial charge in [0.1, 0.15) is 18.2 Å². The zero-order valence-corrected chi connectivity index (χ0v) is 11.2. The van der Waals surface area contributed by atoms with Gasteiger partial charge < -0.3 is 29.9 Å². The maximum Gasteiger partial charge on any atom is 0.350 e. The van der Waals surface area contributed by atoms with Gasteiger partial charge in [-0.15, -0.1) is 0 Å². The summed E-state index contributed by atoms with van der Waals surface area (Å²) in [6.07, 6.45) is 1.16. The number of rotatable bonds is 6. The zero-order valence-electron chi connectivity index (χ0n) is 10.3. The predicted octanol–water partition coefficient (Wildman–Crippen LogP) is -1.08. The van der Waals surface area contributed by atoms with Gasteiger partial charge in [0, 0.05) is 0 Å². The zero-order chi connectivity index (χ0) is 14.8. The molecule has 0 aliphatic rings. The highest BCUT2D eigenvalue weighted by Gasteiger charge is 2.19. The third kappa shape index (κ3) is 3.50. The van der Waals surface area contributed by atoms with Gasteiger partial charge in [-0.2, -0.15) is 0 Å². The van der Waals surface area contributed by atoms with Crippen LogP contribution in [0.25, 0.3) is 11.2 Å². The first-order valence-electron chi connectivity index (χ1n) is 5.59. The first-order valence-corrected chi connectivity index (χ1v) is 7.39. The summed E-state index contributed by atoms with van der Waals surface area (Å²) in [7, 11) is -4.28. The van der Waals surface area contributed by atoms with Gasteiger partial charge in [0.25, 0.3) is 0 Å². The molecule has 1 atom stereocenters. The van der Waals surface area contributed by atoms with Crippen LogP contribution in [0.2, 0.25) is 0 Å². The van der Waals surface area contributed by atoms with Gasteiger partial charge in [0.05, 0.1) is 25.6 Å². The van der Waals surface area contributed by atoms with Crippen LogP contribution in [0.1, 0.15) is 0 Å². The van der Waals surface area contributed by atoms with Gasteiger partial charge >= 0.3 is 7.60 Å². The van der Waals surface area contributed by atoms with Crippen molar-refractivity contribution in [3.8, 4) is 0 Å². The molecule has 0 aliphatic carbocycles. The second-order valence-electron chi connectivity index (χ2n) is 4.09. The summed E-state index contributed by atoms with van der Waals surface area (Å²) in [6, 6.07) is 0. The molecular weight excluding hydrogens is 289 g/mol. The van der Waals surface area contributed by atoms with Crippen LogP contribution in [-0.2, 0) is 15.8 Å². The van der Waals surface area contributed by atoms with E-state index in [-0.39, 0.29) is 12.4 Å². The van der Waals surface area contributed by atoms with Crippen LogP contribution in [-0.4, -0.2) is 53.5 Å². The number of hydrogen-bond acceptors (Lipinski definition) is 7. The number of nitrogens with two attached hydrogens (primary N) is 1.